The lowest BCUT2D eigenvalue weighted by Crippen LogP contribution is -2.42. The summed E-state index contributed by atoms with van der Waals surface area (Å²) in [4.78, 5) is 8.31. The molecule has 6 heteroatoms. The summed E-state index contributed by atoms with van der Waals surface area (Å²) in [5.41, 5.74) is 1.33. The predicted octanol–water partition coefficient (Wildman–Crippen LogP) is 4.24. The van der Waals surface area contributed by atoms with E-state index < -0.39 is 0 Å². The first-order valence-corrected chi connectivity index (χ1v) is 10.4. The van der Waals surface area contributed by atoms with Gasteiger partial charge in [0.15, 0.2) is 5.96 Å². The minimum atomic E-state index is 0. The summed E-state index contributed by atoms with van der Waals surface area (Å²) in [5.74, 6) is 2.17. The summed E-state index contributed by atoms with van der Waals surface area (Å²) < 4.78 is 0. The first-order chi connectivity index (χ1) is 12.7. The van der Waals surface area contributed by atoms with Crippen molar-refractivity contribution in [3.63, 3.8) is 0 Å². The van der Waals surface area contributed by atoms with E-state index in [-0.39, 0.29) is 24.0 Å². The molecule has 2 aromatic rings. The third kappa shape index (κ3) is 6.99. The lowest BCUT2D eigenvalue weighted by molar-refractivity contribution is 0.542. The van der Waals surface area contributed by atoms with Crippen LogP contribution in [0.1, 0.15) is 18.2 Å². The topological polar surface area (TPSA) is 39.7 Å². The summed E-state index contributed by atoms with van der Waals surface area (Å²) in [7, 11) is 1.85. The quantitative estimate of drug-likeness (QED) is 0.341. The number of nitrogens with one attached hydrogen (secondary N) is 2. The third-order valence-corrected chi connectivity index (χ3v) is 5.84. The van der Waals surface area contributed by atoms with Crippen molar-refractivity contribution in [1.82, 2.24) is 10.6 Å². The Bertz CT molecular complexity index is 675. The fourth-order valence-electron chi connectivity index (χ4n) is 3.45. The number of para-hydroxylation sites is 1. The Morgan fingerprint density at radius 1 is 1.22 bits per heavy atom. The fourth-order valence-corrected chi connectivity index (χ4v) is 4.32. The van der Waals surface area contributed by atoms with Crippen LogP contribution in [0.2, 0.25) is 0 Å². The van der Waals surface area contributed by atoms with Gasteiger partial charge in [-0.05, 0) is 48.3 Å². The molecule has 27 heavy (non-hydrogen) atoms. The minimum absolute atomic E-state index is 0. The predicted molar refractivity (Wildman–Crippen MR) is 129 cm³/mol. The van der Waals surface area contributed by atoms with Crippen molar-refractivity contribution in [3.05, 3.63) is 52.7 Å². The van der Waals surface area contributed by atoms with Gasteiger partial charge in [0.05, 0.1) is 0 Å². The van der Waals surface area contributed by atoms with Gasteiger partial charge in [-0.3, -0.25) is 4.99 Å². The van der Waals surface area contributed by atoms with Gasteiger partial charge in [0.1, 0.15) is 0 Å². The van der Waals surface area contributed by atoms with Gasteiger partial charge < -0.3 is 15.5 Å². The monoisotopic (exact) mass is 498 g/mol. The van der Waals surface area contributed by atoms with E-state index in [4.69, 9.17) is 0 Å². The fraction of sp³-hybridized carbons (Fsp3) is 0.476. The molecule has 0 aliphatic carbocycles. The van der Waals surface area contributed by atoms with Crippen LogP contribution < -0.4 is 15.5 Å². The zero-order valence-electron chi connectivity index (χ0n) is 16.2. The molecule has 1 aliphatic heterocycles. The van der Waals surface area contributed by atoms with Crippen molar-refractivity contribution in [2.45, 2.75) is 19.8 Å². The highest BCUT2D eigenvalue weighted by molar-refractivity contribution is 14.0. The van der Waals surface area contributed by atoms with Crippen LogP contribution in [0.3, 0.4) is 0 Å². The maximum Gasteiger partial charge on any atom is 0.190 e. The molecule has 1 aromatic heterocycles. The Morgan fingerprint density at radius 2 is 2.04 bits per heavy atom. The van der Waals surface area contributed by atoms with Gasteiger partial charge in [-0.15, -0.1) is 35.3 Å². The largest absolute Gasteiger partial charge is 0.371 e. The number of benzene rings is 1. The molecule has 0 spiro atoms. The standard InChI is InChI=1S/C21H30N4S.HI/c1-17(13-20-9-6-12-26-20)14-23-21(22-2)24-15-18-10-11-25(16-18)19-7-4-3-5-8-19;/h3-9,12,17-18H,10-11,13-16H2,1-2H3,(H2,22,23,24);1H. The molecule has 2 N–H and O–H groups in total. The average molecular weight is 498 g/mol. The molecule has 1 saturated heterocycles. The van der Waals surface area contributed by atoms with Crippen LogP contribution >= 0.6 is 35.3 Å². The lowest BCUT2D eigenvalue weighted by Gasteiger charge is -2.20. The molecule has 3 rings (SSSR count). The van der Waals surface area contributed by atoms with Crippen molar-refractivity contribution in [3.8, 4) is 0 Å². The summed E-state index contributed by atoms with van der Waals surface area (Å²) in [6.07, 6.45) is 2.35. The molecule has 2 heterocycles. The van der Waals surface area contributed by atoms with Crippen molar-refractivity contribution in [2.75, 3.05) is 38.1 Å². The zero-order chi connectivity index (χ0) is 18.2. The van der Waals surface area contributed by atoms with Crippen LogP contribution in [0.5, 0.6) is 0 Å². The number of anilines is 1. The van der Waals surface area contributed by atoms with Gasteiger partial charge in [-0.25, -0.2) is 0 Å². The van der Waals surface area contributed by atoms with Gasteiger partial charge in [0, 0.05) is 43.8 Å². The van der Waals surface area contributed by atoms with E-state index in [1.807, 2.05) is 18.4 Å². The Morgan fingerprint density at radius 3 is 2.74 bits per heavy atom. The number of rotatable bonds is 7. The second-order valence-corrected chi connectivity index (χ2v) is 8.19. The Labute approximate surface area is 184 Å². The van der Waals surface area contributed by atoms with Crippen LogP contribution in [-0.2, 0) is 6.42 Å². The molecule has 0 amide bonds. The Hall–Kier alpha value is -1.28. The van der Waals surface area contributed by atoms with Crippen LogP contribution in [0.15, 0.2) is 52.8 Å². The van der Waals surface area contributed by atoms with Gasteiger partial charge in [-0.1, -0.05) is 31.2 Å². The summed E-state index contributed by atoms with van der Waals surface area (Å²) >= 11 is 1.84. The normalized spacial score (nSPS) is 18.1. The zero-order valence-corrected chi connectivity index (χ0v) is 19.4. The Kier molecular flexibility index (Phi) is 9.41. The van der Waals surface area contributed by atoms with Crippen molar-refractivity contribution in [2.24, 2.45) is 16.8 Å². The van der Waals surface area contributed by atoms with E-state index >= 15 is 0 Å². The maximum absolute atomic E-state index is 4.38. The van der Waals surface area contributed by atoms with Crippen LogP contribution in [-0.4, -0.2) is 39.2 Å². The molecule has 2 atom stereocenters. The van der Waals surface area contributed by atoms with Crippen LogP contribution in [0.4, 0.5) is 5.69 Å². The molecule has 1 fully saturated rings. The van der Waals surface area contributed by atoms with Gasteiger partial charge >= 0.3 is 0 Å². The number of nitrogens with zero attached hydrogens (tertiary/aromatic N) is 2. The number of guanidine groups is 1. The first-order valence-electron chi connectivity index (χ1n) is 9.51. The van der Waals surface area contributed by atoms with Crippen LogP contribution in [0, 0.1) is 11.8 Å². The molecule has 148 valence electrons. The van der Waals surface area contributed by atoms with E-state index in [1.54, 1.807) is 0 Å². The summed E-state index contributed by atoms with van der Waals surface area (Å²) in [5, 5.41) is 9.14. The second kappa shape index (κ2) is 11.5. The molecule has 1 aliphatic rings. The molecular formula is C21H31IN4S. The average Bonchev–Trinajstić information content (AvgIpc) is 3.34. The Balaban J connectivity index is 0.00000261. The third-order valence-electron chi connectivity index (χ3n) is 4.94. The van der Waals surface area contributed by atoms with Gasteiger partial charge in [0.25, 0.3) is 0 Å². The van der Waals surface area contributed by atoms with E-state index in [1.165, 1.54) is 17.0 Å². The molecule has 2 unspecified atom stereocenters. The SMILES string of the molecule is CN=C(NCC(C)Cc1cccs1)NCC1CCN(c2ccccc2)C1.I. The highest BCUT2D eigenvalue weighted by atomic mass is 127. The number of halogens is 1. The van der Waals surface area contributed by atoms with Crippen molar-refractivity contribution < 1.29 is 0 Å². The maximum atomic E-state index is 4.38. The highest BCUT2D eigenvalue weighted by Gasteiger charge is 2.22. The van der Waals surface area contributed by atoms with E-state index in [0.29, 0.717) is 11.8 Å². The van der Waals surface area contributed by atoms with E-state index in [0.717, 1.165) is 38.6 Å². The molecule has 0 bridgehead atoms. The molecule has 1 aromatic carbocycles. The molecular weight excluding hydrogens is 467 g/mol. The first kappa shape index (κ1) is 22.0. The smallest absolute Gasteiger partial charge is 0.190 e. The van der Waals surface area contributed by atoms with Gasteiger partial charge in [0.2, 0.25) is 0 Å². The van der Waals surface area contributed by atoms with E-state index in [2.05, 4.69) is 75.3 Å². The number of hydrogen-bond donors (Lipinski definition) is 2. The van der Waals surface area contributed by atoms with Crippen molar-refractivity contribution in [1.29, 1.82) is 0 Å². The van der Waals surface area contributed by atoms with Crippen molar-refractivity contribution >= 4 is 47.0 Å². The number of thiophene rings is 1. The van der Waals surface area contributed by atoms with Crippen LogP contribution in [0.25, 0.3) is 0 Å². The lowest BCUT2D eigenvalue weighted by atomic mass is 10.1. The molecule has 0 saturated carbocycles. The molecule has 0 radical (unpaired) electrons. The number of hydrogen-bond acceptors (Lipinski definition) is 3. The summed E-state index contributed by atoms with van der Waals surface area (Å²) in [6, 6.07) is 15.0. The van der Waals surface area contributed by atoms with Gasteiger partial charge in [-0.2, -0.15) is 0 Å². The molecule has 4 nitrogen and oxygen atoms in total. The summed E-state index contributed by atoms with van der Waals surface area (Å²) in [6.45, 7) is 6.46. The second-order valence-electron chi connectivity index (χ2n) is 7.16. The van der Waals surface area contributed by atoms with E-state index in [9.17, 15) is 0 Å². The highest BCUT2D eigenvalue weighted by Crippen LogP contribution is 2.22. The number of aliphatic imine (C=N–C) groups is 1. The minimum Gasteiger partial charge on any atom is -0.371 e.